The summed E-state index contributed by atoms with van der Waals surface area (Å²) in [5.41, 5.74) is 1.98. The molecule has 0 aliphatic carbocycles. The fraction of sp³-hybridized carbons (Fsp3) is 0.154. The number of aryl methyl sites for hydroxylation is 2. The first-order valence-corrected chi connectivity index (χ1v) is 6.35. The molecule has 0 atom stereocenters. The molecule has 1 aromatic carbocycles. The molecule has 0 spiro atoms. The summed E-state index contributed by atoms with van der Waals surface area (Å²) >= 11 is 5.83. The predicted octanol–water partition coefficient (Wildman–Crippen LogP) is 2.06. The van der Waals surface area contributed by atoms with E-state index in [1.807, 2.05) is 12.1 Å². The van der Waals surface area contributed by atoms with Crippen LogP contribution in [0.5, 0.6) is 0 Å². The van der Waals surface area contributed by atoms with Crippen molar-refractivity contribution in [2.24, 2.45) is 14.1 Å². The number of nitrogens with zero attached hydrogens (tertiary/aromatic N) is 4. The SMILES string of the molecule is Cn1c(=O)n(C)c2nc(Nc3ccc(Cl)cc3)ncc21. The van der Waals surface area contributed by atoms with E-state index in [2.05, 4.69) is 15.3 Å². The molecule has 0 amide bonds. The summed E-state index contributed by atoms with van der Waals surface area (Å²) < 4.78 is 3.01. The zero-order valence-corrected chi connectivity index (χ0v) is 11.7. The quantitative estimate of drug-likeness (QED) is 0.784. The van der Waals surface area contributed by atoms with Gasteiger partial charge in [-0.15, -0.1) is 0 Å². The predicted molar refractivity (Wildman–Crippen MR) is 78.5 cm³/mol. The van der Waals surface area contributed by atoms with E-state index >= 15 is 0 Å². The lowest BCUT2D eigenvalue weighted by Gasteiger charge is -2.04. The van der Waals surface area contributed by atoms with Crippen molar-refractivity contribution in [3.8, 4) is 0 Å². The van der Waals surface area contributed by atoms with Crippen LogP contribution in [-0.2, 0) is 14.1 Å². The van der Waals surface area contributed by atoms with E-state index in [4.69, 9.17) is 11.6 Å². The first-order valence-electron chi connectivity index (χ1n) is 5.97. The summed E-state index contributed by atoms with van der Waals surface area (Å²) in [6.45, 7) is 0. The Kier molecular flexibility index (Phi) is 2.94. The second-order valence-corrected chi connectivity index (χ2v) is 4.87. The van der Waals surface area contributed by atoms with Crippen LogP contribution in [0.4, 0.5) is 11.6 Å². The molecule has 102 valence electrons. The lowest BCUT2D eigenvalue weighted by molar-refractivity contribution is 0.791. The first-order chi connectivity index (χ1) is 9.56. The molecule has 0 aliphatic heterocycles. The number of benzene rings is 1. The van der Waals surface area contributed by atoms with Crippen LogP contribution in [0.1, 0.15) is 0 Å². The van der Waals surface area contributed by atoms with Gasteiger partial charge >= 0.3 is 5.69 Å². The van der Waals surface area contributed by atoms with Gasteiger partial charge in [0.05, 0.1) is 6.20 Å². The molecule has 7 heteroatoms. The van der Waals surface area contributed by atoms with Gasteiger partial charge in [0.15, 0.2) is 5.65 Å². The monoisotopic (exact) mass is 289 g/mol. The summed E-state index contributed by atoms with van der Waals surface area (Å²) in [5.74, 6) is 0.432. The van der Waals surface area contributed by atoms with Gasteiger partial charge in [-0.25, -0.2) is 9.78 Å². The standard InChI is InChI=1S/C13H12ClN5O/c1-18-10-7-15-12(17-11(10)19(2)13(18)20)16-9-5-3-8(14)4-6-9/h3-7H,1-2H3,(H,15,16,17). The van der Waals surface area contributed by atoms with Gasteiger partial charge in [-0.05, 0) is 24.3 Å². The lowest BCUT2D eigenvalue weighted by atomic mass is 10.3. The molecule has 2 heterocycles. The molecule has 0 saturated carbocycles. The highest BCUT2D eigenvalue weighted by Gasteiger charge is 2.10. The van der Waals surface area contributed by atoms with Crippen molar-refractivity contribution in [2.75, 3.05) is 5.32 Å². The molecule has 3 aromatic rings. The highest BCUT2D eigenvalue weighted by Crippen LogP contribution is 2.17. The minimum absolute atomic E-state index is 0.127. The summed E-state index contributed by atoms with van der Waals surface area (Å²) in [6.07, 6.45) is 1.63. The molecule has 3 rings (SSSR count). The molecule has 0 unspecified atom stereocenters. The number of hydrogen-bond donors (Lipinski definition) is 1. The summed E-state index contributed by atoms with van der Waals surface area (Å²) in [4.78, 5) is 20.4. The molecule has 2 aromatic heterocycles. The minimum Gasteiger partial charge on any atom is -0.324 e. The highest BCUT2D eigenvalue weighted by atomic mass is 35.5. The van der Waals surface area contributed by atoms with Gasteiger partial charge in [0.1, 0.15) is 5.52 Å². The Bertz CT molecular complexity index is 834. The van der Waals surface area contributed by atoms with Gasteiger partial charge in [0.2, 0.25) is 5.95 Å². The van der Waals surface area contributed by atoms with Gasteiger partial charge in [-0.1, -0.05) is 11.6 Å². The molecular weight excluding hydrogens is 278 g/mol. The zero-order chi connectivity index (χ0) is 14.3. The Balaban J connectivity index is 2.03. The summed E-state index contributed by atoms with van der Waals surface area (Å²) in [7, 11) is 3.38. The van der Waals surface area contributed by atoms with Gasteiger partial charge in [-0.2, -0.15) is 4.98 Å². The van der Waals surface area contributed by atoms with Gasteiger partial charge in [0.25, 0.3) is 0 Å². The Morgan fingerprint density at radius 3 is 2.55 bits per heavy atom. The smallest absolute Gasteiger partial charge is 0.324 e. The minimum atomic E-state index is -0.127. The van der Waals surface area contributed by atoms with Crippen molar-refractivity contribution < 1.29 is 0 Å². The number of anilines is 2. The summed E-state index contributed by atoms with van der Waals surface area (Å²) in [5, 5.41) is 3.74. The van der Waals surface area contributed by atoms with Crippen LogP contribution in [0.3, 0.4) is 0 Å². The van der Waals surface area contributed by atoms with E-state index in [0.717, 1.165) is 5.69 Å². The molecule has 0 radical (unpaired) electrons. The van der Waals surface area contributed by atoms with Crippen LogP contribution >= 0.6 is 11.6 Å². The second-order valence-electron chi connectivity index (χ2n) is 4.43. The lowest BCUT2D eigenvalue weighted by Crippen LogP contribution is -2.19. The third-order valence-corrected chi connectivity index (χ3v) is 3.36. The van der Waals surface area contributed by atoms with Crippen molar-refractivity contribution in [3.63, 3.8) is 0 Å². The molecule has 0 aliphatic rings. The van der Waals surface area contributed by atoms with Gasteiger partial charge < -0.3 is 5.32 Å². The zero-order valence-electron chi connectivity index (χ0n) is 11.0. The molecule has 6 nitrogen and oxygen atoms in total. The topological polar surface area (TPSA) is 64.7 Å². The van der Waals surface area contributed by atoms with Gasteiger partial charge in [-0.3, -0.25) is 9.13 Å². The number of rotatable bonds is 2. The van der Waals surface area contributed by atoms with E-state index in [0.29, 0.717) is 22.1 Å². The fourth-order valence-corrected chi connectivity index (χ4v) is 2.12. The van der Waals surface area contributed by atoms with Crippen LogP contribution in [0.2, 0.25) is 5.02 Å². The van der Waals surface area contributed by atoms with Crippen molar-refractivity contribution in [2.45, 2.75) is 0 Å². The van der Waals surface area contributed by atoms with Gasteiger partial charge in [0, 0.05) is 24.8 Å². The van der Waals surface area contributed by atoms with Crippen molar-refractivity contribution in [1.82, 2.24) is 19.1 Å². The third kappa shape index (κ3) is 2.04. The van der Waals surface area contributed by atoms with Crippen LogP contribution in [-0.4, -0.2) is 19.1 Å². The van der Waals surface area contributed by atoms with E-state index < -0.39 is 0 Å². The number of nitrogens with one attached hydrogen (secondary N) is 1. The molecule has 0 fully saturated rings. The molecule has 20 heavy (non-hydrogen) atoms. The van der Waals surface area contributed by atoms with Crippen LogP contribution in [0, 0.1) is 0 Å². The number of imidazole rings is 1. The van der Waals surface area contributed by atoms with E-state index in [-0.39, 0.29) is 5.69 Å². The van der Waals surface area contributed by atoms with Crippen molar-refractivity contribution >= 4 is 34.4 Å². The van der Waals surface area contributed by atoms with E-state index in [9.17, 15) is 4.79 Å². The maximum atomic E-state index is 11.8. The number of fused-ring (bicyclic) bond motifs is 1. The molecular formula is C13H12ClN5O. The largest absolute Gasteiger partial charge is 0.329 e. The van der Waals surface area contributed by atoms with Crippen molar-refractivity contribution in [1.29, 1.82) is 0 Å². The van der Waals surface area contributed by atoms with E-state index in [1.54, 1.807) is 32.4 Å². The Labute approximate surface area is 119 Å². The van der Waals surface area contributed by atoms with Crippen LogP contribution in [0.25, 0.3) is 11.2 Å². The fourth-order valence-electron chi connectivity index (χ4n) is 1.99. The molecule has 0 bridgehead atoms. The Morgan fingerprint density at radius 1 is 1.15 bits per heavy atom. The normalized spacial score (nSPS) is 10.9. The van der Waals surface area contributed by atoms with Crippen molar-refractivity contribution in [3.05, 3.63) is 46.0 Å². The summed E-state index contributed by atoms with van der Waals surface area (Å²) in [6, 6.07) is 7.22. The third-order valence-electron chi connectivity index (χ3n) is 3.10. The molecule has 0 saturated heterocycles. The number of halogens is 1. The van der Waals surface area contributed by atoms with E-state index in [1.165, 1.54) is 9.13 Å². The Morgan fingerprint density at radius 2 is 1.85 bits per heavy atom. The van der Waals surface area contributed by atoms with Crippen LogP contribution < -0.4 is 11.0 Å². The maximum absolute atomic E-state index is 11.8. The molecule has 1 N–H and O–H groups in total. The average Bonchev–Trinajstić information content (AvgIpc) is 2.66. The Hall–Kier alpha value is -2.34. The second kappa shape index (κ2) is 4.64. The average molecular weight is 290 g/mol. The number of aromatic nitrogens is 4. The van der Waals surface area contributed by atoms with Crippen LogP contribution in [0.15, 0.2) is 35.3 Å². The first kappa shape index (κ1) is 12.7. The maximum Gasteiger partial charge on any atom is 0.329 e. The highest BCUT2D eigenvalue weighted by molar-refractivity contribution is 6.30. The number of hydrogen-bond acceptors (Lipinski definition) is 4.